The number of hydrogen-bond acceptors (Lipinski definition) is 10. The smallest absolute Gasteiger partial charge is 0.410 e. The summed E-state index contributed by atoms with van der Waals surface area (Å²) in [5, 5.41) is 1.35. The topological polar surface area (TPSA) is 102 Å². The van der Waals surface area contributed by atoms with E-state index >= 15 is 8.78 Å². The average Bonchev–Trinajstić information content (AvgIpc) is 3.74. The van der Waals surface area contributed by atoms with E-state index in [-0.39, 0.29) is 59.9 Å². The maximum absolute atomic E-state index is 17.8. The van der Waals surface area contributed by atoms with E-state index in [4.69, 9.17) is 33.9 Å². The van der Waals surface area contributed by atoms with Crippen LogP contribution in [0.15, 0.2) is 30.5 Å². The molecule has 0 radical (unpaired) electrons. The number of methoxy groups -OCH3 is 1. The Kier molecular flexibility index (Phi) is 12.2. The molecule has 0 saturated carbocycles. The number of piperidine rings is 1. The van der Waals surface area contributed by atoms with Crippen LogP contribution in [-0.4, -0.2) is 115 Å². The molecule has 15 heteroatoms. The van der Waals surface area contributed by atoms with Gasteiger partial charge >= 0.3 is 12.1 Å². The van der Waals surface area contributed by atoms with Crippen LogP contribution in [-0.2, 0) is 9.47 Å². The lowest BCUT2D eigenvalue weighted by molar-refractivity contribution is -0.0380. The number of carbonyl (C=O) groups is 1. The Bertz CT molecular complexity index is 2440. The van der Waals surface area contributed by atoms with Gasteiger partial charge in [-0.15, -0.1) is 5.54 Å². The lowest BCUT2D eigenvalue weighted by Gasteiger charge is -2.56. The lowest BCUT2D eigenvalue weighted by Crippen LogP contribution is -2.70. The van der Waals surface area contributed by atoms with Crippen LogP contribution in [0.3, 0.4) is 0 Å². The van der Waals surface area contributed by atoms with E-state index in [1.165, 1.54) is 13.2 Å². The highest BCUT2D eigenvalue weighted by atomic mass is 28.3. The standard InChI is InChI=1S/C48H61F3N6O5Si/c1-28(2)63(29(3)4,30(5)6)17-14-36-39(50)13-12-31-18-35(61-27-59-10)20-37(40(31)36)42-41(51)43-38(22-52-42)44(55-24-33-19-34(25-55)57(33)46(58)62-47(7,8)9)54-45(53-43)60-26-48-15-11-16-56(48)23-32(49)21-48/h12-13,18,20,22,28-30,32-34H,11,15-16,19,21,23-27H2,1-10H3/t32-,33?,34?,48+/m1/s1. The second kappa shape index (κ2) is 17.0. The number of carbonyl (C=O) groups excluding carboxylic acids is 1. The van der Waals surface area contributed by atoms with E-state index in [9.17, 15) is 9.18 Å². The minimum absolute atomic E-state index is 0.0370. The summed E-state index contributed by atoms with van der Waals surface area (Å²) in [6, 6.07) is 6.11. The summed E-state index contributed by atoms with van der Waals surface area (Å²) in [6.07, 6.45) is 3.07. The van der Waals surface area contributed by atoms with Crippen molar-refractivity contribution >= 4 is 41.7 Å². The Hall–Kier alpha value is -4.65. The van der Waals surface area contributed by atoms with E-state index in [2.05, 4.69) is 57.9 Å². The summed E-state index contributed by atoms with van der Waals surface area (Å²) in [4.78, 5) is 33.5. The Labute approximate surface area is 370 Å². The summed E-state index contributed by atoms with van der Waals surface area (Å²) in [5.74, 6) is 2.84. The summed E-state index contributed by atoms with van der Waals surface area (Å²) in [7, 11) is -0.815. The molecule has 2 aromatic heterocycles. The van der Waals surface area contributed by atoms with Crippen molar-refractivity contribution in [2.45, 2.75) is 134 Å². The zero-order chi connectivity index (χ0) is 45.2. The predicted octanol–water partition coefficient (Wildman–Crippen LogP) is 9.83. The first-order chi connectivity index (χ1) is 29.9. The van der Waals surface area contributed by atoms with Gasteiger partial charge in [-0.25, -0.2) is 18.0 Å². The monoisotopic (exact) mass is 886 g/mol. The van der Waals surface area contributed by atoms with Crippen LogP contribution in [0.2, 0.25) is 16.6 Å². The highest BCUT2D eigenvalue weighted by molar-refractivity contribution is 6.90. The van der Waals surface area contributed by atoms with Gasteiger partial charge in [0.05, 0.1) is 28.6 Å². The fourth-order valence-corrected chi connectivity index (χ4v) is 16.3. The van der Waals surface area contributed by atoms with Crippen LogP contribution in [0.5, 0.6) is 11.8 Å². The summed E-state index contributed by atoms with van der Waals surface area (Å²) in [5.41, 5.74) is 3.77. The Morgan fingerprint density at radius 2 is 1.71 bits per heavy atom. The van der Waals surface area contributed by atoms with Gasteiger partial charge in [-0.2, -0.15) is 9.97 Å². The average molecular weight is 887 g/mol. The van der Waals surface area contributed by atoms with Crippen molar-refractivity contribution in [1.29, 1.82) is 0 Å². The highest BCUT2D eigenvalue weighted by Crippen LogP contribution is 2.45. The van der Waals surface area contributed by atoms with Crippen molar-refractivity contribution < 1.29 is 36.9 Å². The summed E-state index contributed by atoms with van der Waals surface area (Å²) in [6.45, 7) is 20.8. The number of benzene rings is 2. The first kappa shape index (κ1) is 44.9. The SMILES string of the molecule is COCOc1cc(-c2ncc3c(N4CC5CC(C4)N5C(=O)OC(C)(C)C)nc(OC[C@@]45CCCN4C[C@H](F)C5)nc3c2F)c2c(C#C[Si](C(C)C)(C(C)C)C(C)C)c(F)ccc2c1. The second-order valence-electron chi connectivity index (χ2n) is 19.9. The minimum Gasteiger partial charge on any atom is -0.468 e. The number of ether oxygens (including phenoxy) is 4. The quantitative estimate of drug-likeness (QED) is 0.0822. The van der Waals surface area contributed by atoms with Gasteiger partial charge in [0.1, 0.15) is 55.0 Å². The fourth-order valence-electron chi connectivity index (χ4n) is 11.1. The van der Waals surface area contributed by atoms with Crippen LogP contribution in [0.4, 0.5) is 23.8 Å². The number of nitrogens with zero attached hydrogens (tertiary/aromatic N) is 6. The molecule has 2 bridgehead atoms. The number of halogens is 3. The van der Waals surface area contributed by atoms with Crippen LogP contribution in [0.25, 0.3) is 32.9 Å². The van der Waals surface area contributed by atoms with Crippen LogP contribution in [0, 0.1) is 23.1 Å². The third kappa shape index (κ3) is 8.20. The van der Waals surface area contributed by atoms with Gasteiger partial charge < -0.3 is 23.8 Å². The van der Waals surface area contributed by atoms with Crippen molar-refractivity contribution in [3.8, 4) is 34.5 Å². The van der Waals surface area contributed by atoms with Crippen LogP contribution < -0.4 is 14.4 Å². The zero-order valence-corrected chi connectivity index (χ0v) is 39.3. The van der Waals surface area contributed by atoms with Crippen molar-refractivity contribution in [2.24, 2.45) is 0 Å². The molecule has 4 aromatic rings. The zero-order valence-electron chi connectivity index (χ0n) is 38.3. The molecular formula is C48H61F3N6O5Si. The molecule has 63 heavy (non-hydrogen) atoms. The maximum atomic E-state index is 17.8. The number of pyridine rings is 1. The summed E-state index contributed by atoms with van der Waals surface area (Å²) >= 11 is 0. The van der Waals surface area contributed by atoms with Crippen molar-refractivity contribution in [3.63, 3.8) is 0 Å². The number of aromatic nitrogens is 3. The number of fused-ring (bicyclic) bond motifs is 5. The largest absolute Gasteiger partial charge is 0.468 e. The number of alkyl halides is 1. The van der Waals surface area contributed by atoms with Gasteiger partial charge in [-0.3, -0.25) is 14.8 Å². The lowest BCUT2D eigenvalue weighted by atomic mass is 9.88. The molecule has 338 valence electrons. The first-order valence-corrected chi connectivity index (χ1v) is 24.6. The molecule has 2 aromatic carbocycles. The number of piperazine rings is 1. The number of hydrogen-bond donors (Lipinski definition) is 0. The first-order valence-electron chi connectivity index (χ1n) is 22.4. The molecule has 2 unspecified atom stereocenters. The van der Waals surface area contributed by atoms with Crippen LogP contribution in [0.1, 0.15) is 93.6 Å². The van der Waals surface area contributed by atoms with Gasteiger partial charge in [0, 0.05) is 50.3 Å². The van der Waals surface area contributed by atoms with Gasteiger partial charge in [0.15, 0.2) is 12.6 Å². The van der Waals surface area contributed by atoms with Gasteiger partial charge in [0.25, 0.3) is 0 Å². The molecule has 0 N–H and O–H groups in total. The fraction of sp³-hybridized carbons (Fsp3) is 0.583. The predicted molar refractivity (Wildman–Crippen MR) is 242 cm³/mol. The number of anilines is 1. The van der Waals surface area contributed by atoms with E-state index in [0.29, 0.717) is 70.4 Å². The van der Waals surface area contributed by atoms with Crippen molar-refractivity contribution in [1.82, 2.24) is 24.8 Å². The van der Waals surface area contributed by atoms with Gasteiger partial charge in [0.2, 0.25) is 0 Å². The Balaban J connectivity index is 1.28. The molecule has 1 amide bonds. The molecule has 5 aliphatic heterocycles. The van der Waals surface area contributed by atoms with Crippen LogP contribution >= 0.6 is 0 Å². The molecular weight excluding hydrogens is 826 g/mol. The van der Waals surface area contributed by atoms with Gasteiger partial charge in [-0.1, -0.05) is 53.5 Å². The molecule has 0 aliphatic carbocycles. The molecule has 4 atom stereocenters. The molecule has 11 nitrogen and oxygen atoms in total. The molecule has 5 aliphatic rings. The van der Waals surface area contributed by atoms with Gasteiger partial charge in [-0.05, 0) is 86.8 Å². The second-order valence-corrected chi connectivity index (χ2v) is 25.5. The highest BCUT2D eigenvalue weighted by Gasteiger charge is 2.51. The van der Waals surface area contributed by atoms with Crippen molar-refractivity contribution in [2.75, 3.05) is 51.6 Å². The Morgan fingerprint density at radius 3 is 2.38 bits per heavy atom. The Morgan fingerprint density at radius 1 is 1.00 bits per heavy atom. The molecule has 9 rings (SSSR count). The van der Waals surface area contributed by atoms with E-state index in [0.717, 1.165) is 25.8 Å². The molecule has 5 fully saturated rings. The van der Waals surface area contributed by atoms with E-state index in [1.54, 1.807) is 29.3 Å². The summed E-state index contributed by atoms with van der Waals surface area (Å²) < 4.78 is 72.2. The third-order valence-corrected chi connectivity index (χ3v) is 20.2. The van der Waals surface area contributed by atoms with E-state index < -0.39 is 37.0 Å². The number of rotatable bonds is 11. The van der Waals surface area contributed by atoms with Crippen molar-refractivity contribution in [3.05, 3.63) is 47.7 Å². The number of amides is 1. The minimum atomic E-state index is -2.32. The third-order valence-electron chi connectivity index (χ3n) is 13.9. The molecule has 7 heterocycles. The molecule has 0 spiro atoms. The normalized spacial score (nSPS) is 22.5. The van der Waals surface area contributed by atoms with E-state index in [1.807, 2.05) is 25.7 Å². The maximum Gasteiger partial charge on any atom is 0.410 e. The molecule has 5 saturated heterocycles.